The van der Waals surface area contributed by atoms with Crippen LogP contribution in [0.1, 0.15) is 77.6 Å². The Bertz CT molecular complexity index is 484. The quantitative estimate of drug-likeness (QED) is 0.218. The SMILES string of the molecule is CCCCCCCCCCCC(=O)N(C)CCCN(C)C(O)CS(=O)(=O)O. The number of hydrogen-bond donors (Lipinski definition) is 2. The minimum atomic E-state index is -4.20. The van der Waals surface area contributed by atoms with E-state index < -0.39 is 22.1 Å². The Kier molecular flexibility index (Phi) is 14.9. The fourth-order valence-corrected chi connectivity index (χ4v) is 3.56. The zero-order valence-corrected chi connectivity index (χ0v) is 18.2. The Balaban J connectivity index is 3.72. The molecule has 0 aromatic carbocycles. The van der Waals surface area contributed by atoms with E-state index in [1.54, 1.807) is 19.0 Å². The second-order valence-corrected chi connectivity index (χ2v) is 8.95. The predicted molar refractivity (Wildman–Crippen MR) is 109 cm³/mol. The Morgan fingerprint density at radius 2 is 1.41 bits per heavy atom. The van der Waals surface area contributed by atoms with Crippen LogP contribution in [0, 0.1) is 0 Å². The molecule has 0 radical (unpaired) electrons. The van der Waals surface area contributed by atoms with Gasteiger partial charge in [0.15, 0.2) is 0 Å². The van der Waals surface area contributed by atoms with Gasteiger partial charge in [-0.05, 0) is 19.9 Å². The van der Waals surface area contributed by atoms with Crippen LogP contribution in [-0.2, 0) is 14.9 Å². The first-order valence-electron chi connectivity index (χ1n) is 10.2. The third-order valence-corrected chi connectivity index (χ3v) is 5.51. The topological polar surface area (TPSA) is 98.2 Å². The van der Waals surface area contributed by atoms with E-state index in [1.807, 2.05) is 0 Å². The number of aliphatic hydroxyl groups excluding tert-OH is 1. The smallest absolute Gasteiger partial charge is 0.268 e. The summed E-state index contributed by atoms with van der Waals surface area (Å²) in [6, 6.07) is 0. The van der Waals surface area contributed by atoms with Crippen LogP contribution in [0.15, 0.2) is 0 Å². The van der Waals surface area contributed by atoms with Crippen molar-refractivity contribution in [2.75, 3.05) is 32.9 Å². The summed E-state index contributed by atoms with van der Waals surface area (Å²) in [5, 5.41) is 9.68. The van der Waals surface area contributed by atoms with Crippen LogP contribution in [0.4, 0.5) is 0 Å². The molecule has 1 amide bonds. The van der Waals surface area contributed by atoms with Gasteiger partial charge in [-0.3, -0.25) is 14.2 Å². The standard InChI is InChI=1S/C19H40N2O5S/c1-4-5-6-7-8-9-10-11-12-14-18(22)20(2)15-13-16-21(3)19(23)17-27(24,25)26/h19,23H,4-17H2,1-3H3,(H,24,25,26). The van der Waals surface area contributed by atoms with E-state index in [0.717, 1.165) is 12.8 Å². The molecule has 1 unspecified atom stereocenters. The summed E-state index contributed by atoms with van der Waals surface area (Å²) in [4.78, 5) is 15.2. The minimum absolute atomic E-state index is 0.124. The number of rotatable bonds is 17. The molecule has 0 bridgehead atoms. The van der Waals surface area contributed by atoms with E-state index in [4.69, 9.17) is 4.55 Å². The molecular formula is C19H40N2O5S. The second kappa shape index (κ2) is 15.2. The highest BCUT2D eigenvalue weighted by molar-refractivity contribution is 7.85. The lowest BCUT2D eigenvalue weighted by Gasteiger charge is -2.24. The number of aliphatic hydroxyl groups is 1. The summed E-state index contributed by atoms with van der Waals surface area (Å²) in [5.41, 5.74) is 0. The fraction of sp³-hybridized carbons (Fsp3) is 0.947. The lowest BCUT2D eigenvalue weighted by Crippen LogP contribution is -2.39. The fourth-order valence-electron chi connectivity index (χ4n) is 2.92. The van der Waals surface area contributed by atoms with Gasteiger partial charge in [0.1, 0.15) is 12.0 Å². The third kappa shape index (κ3) is 16.0. The first-order chi connectivity index (χ1) is 12.7. The van der Waals surface area contributed by atoms with Crippen LogP contribution in [0.5, 0.6) is 0 Å². The van der Waals surface area contributed by atoms with E-state index in [2.05, 4.69) is 6.92 Å². The van der Waals surface area contributed by atoms with Gasteiger partial charge in [-0.15, -0.1) is 0 Å². The highest BCUT2D eigenvalue weighted by atomic mass is 32.2. The van der Waals surface area contributed by atoms with Crippen LogP contribution >= 0.6 is 0 Å². The van der Waals surface area contributed by atoms with Gasteiger partial charge in [0.25, 0.3) is 10.1 Å². The van der Waals surface area contributed by atoms with Gasteiger partial charge in [0, 0.05) is 26.6 Å². The summed E-state index contributed by atoms with van der Waals surface area (Å²) >= 11 is 0. The van der Waals surface area contributed by atoms with Crippen molar-refractivity contribution in [3.63, 3.8) is 0 Å². The monoisotopic (exact) mass is 408 g/mol. The summed E-state index contributed by atoms with van der Waals surface area (Å²) in [6.45, 7) is 3.21. The number of carbonyl (C=O) groups excluding carboxylic acids is 1. The molecule has 162 valence electrons. The Labute approximate surface area is 165 Å². The summed E-state index contributed by atoms with van der Waals surface area (Å²) in [7, 11) is -0.851. The zero-order valence-electron chi connectivity index (χ0n) is 17.4. The van der Waals surface area contributed by atoms with Crippen molar-refractivity contribution in [1.82, 2.24) is 9.80 Å². The number of carbonyl (C=O) groups is 1. The van der Waals surface area contributed by atoms with E-state index in [1.165, 1.54) is 49.8 Å². The lowest BCUT2D eigenvalue weighted by atomic mass is 10.1. The summed E-state index contributed by atoms with van der Waals surface area (Å²) < 4.78 is 30.3. The maximum absolute atomic E-state index is 12.1. The van der Waals surface area contributed by atoms with Gasteiger partial charge < -0.3 is 10.0 Å². The molecule has 27 heavy (non-hydrogen) atoms. The van der Waals surface area contributed by atoms with E-state index in [-0.39, 0.29) is 5.91 Å². The second-order valence-electron chi connectivity index (χ2n) is 7.46. The average molecular weight is 409 g/mol. The molecule has 0 aliphatic carbocycles. The van der Waals surface area contributed by atoms with Crippen molar-refractivity contribution < 1.29 is 22.9 Å². The first-order valence-corrected chi connectivity index (χ1v) is 11.9. The first kappa shape index (κ1) is 26.3. The molecule has 1 atom stereocenters. The largest absolute Gasteiger partial charge is 0.377 e. The Hall–Kier alpha value is -0.700. The predicted octanol–water partition coefficient (Wildman–Crippen LogP) is 2.89. The van der Waals surface area contributed by atoms with Crippen LogP contribution in [-0.4, -0.2) is 72.9 Å². The van der Waals surface area contributed by atoms with Crippen LogP contribution in [0.25, 0.3) is 0 Å². The van der Waals surface area contributed by atoms with Crippen LogP contribution in [0.2, 0.25) is 0 Å². The molecule has 0 aliphatic rings. The molecule has 0 heterocycles. The highest BCUT2D eigenvalue weighted by Crippen LogP contribution is 2.11. The van der Waals surface area contributed by atoms with Gasteiger partial charge in [0.2, 0.25) is 5.91 Å². The molecule has 7 nitrogen and oxygen atoms in total. The van der Waals surface area contributed by atoms with Crippen molar-refractivity contribution in [3.8, 4) is 0 Å². The summed E-state index contributed by atoms with van der Waals surface area (Å²) in [5.74, 6) is -0.587. The van der Waals surface area contributed by atoms with Crippen molar-refractivity contribution >= 4 is 16.0 Å². The zero-order chi connectivity index (χ0) is 20.7. The molecule has 0 rings (SSSR count). The summed E-state index contributed by atoms with van der Waals surface area (Å²) in [6.07, 6.45) is 11.0. The normalized spacial score (nSPS) is 13.1. The number of unbranched alkanes of at least 4 members (excludes halogenated alkanes) is 8. The van der Waals surface area contributed by atoms with Crippen molar-refractivity contribution in [3.05, 3.63) is 0 Å². The van der Waals surface area contributed by atoms with Crippen LogP contribution in [0.3, 0.4) is 0 Å². The number of amides is 1. The van der Waals surface area contributed by atoms with E-state index in [9.17, 15) is 18.3 Å². The maximum Gasteiger partial charge on any atom is 0.268 e. The average Bonchev–Trinajstić information content (AvgIpc) is 2.58. The van der Waals surface area contributed by atoms with Crippen molar-refractivity contribution in [2.24, 2.45) is 0 Å². The third-order valence-electron chi connectivity index (χ3n) is 4.79. The van der Waals surface area contributed by atoms with Gasteiger partial charge in [0.05, 0.1) is 0 Å². The molecule has 0 fully saturated rings. The Morgan fingerprint density at radius 3 is 1.93 bits per heavy atom. The molecule has 0 spiro atoms. The molecule has 0 saturated heterocycles. The molecule has 8 heteroatoms. The van der Waals surface area contributed by atoms with Crippen molar-refractivity contribution in [2.45, 2.75) is 83.8 Å². The maximum atomic E-state index is 12.1. The van der Waals surface area contributed by atoms with E-state index in [0.29, 0.717) is 25.9 Å². The van der Waals surface area contributed by atoms with Crippen LogP contribution < -0.4 is 0 Å². The molecule has 0 aromatic rings. The van der Waals surface area contributed by atoms with E-state index >= 15 is 0 Å². The number of hydrogen-bond acceptors (Lipinski definition) is 5. The number of nitrogens with zero attached hydrogens (tertiary/aromatic N) is 2. The van der Waals surface area contributed by atoms with Gasteiger partial charge in [-0.1, -0.05) is 58.3 Å². The van der Waals surface area contributed by atoms with Gasteiger partial charge in [-0.25, -0.2) is 0 Å². The molecule has 0 aliphatic heterocycles. The molecule has 0 aromatic heterocycles. The van der Waals surface area contributed by atoms with Gasteiger partial charge in [-0.2, -0.15) is 8.42 Å². The highest BCUT2D eigenvalue weighted by Gasteiger charge is 2.18. The minimum Gasteiger partial charge on any atom is -0.377 e. The van der Waals surface area contributed by atoms with Crippen molar-refractivity contribution in [1.29, 1.82) is 0 Å². The molecular weight excluding hydrogens is 368 g/mol. The Morgan fingerprint density at radius 1 is 0.889 bits per heavy atom. The molecule has 0 saturated carbocycles. The molecule has 2 N–H and O–H groups in total. The van der Waals surface area contributed by atoms with Gasteiger partial charge >= 0.3 is 0 Å². The lowest BCUT2D eigenvalue weighted by molar-refractivity contribution is -0.130.